The molecule has 134 valence electrons. The van der Waals surface area contributed by atoms with E-state index in [2.05, 4.69) is 15.4 Å². The molecule has 8 heteroatoms. The average molecular weight is 376 g/mol. The van der Waals surface area contributed by atoms with E-state index in [-0.39, 0.29) is 5.56 Å². The highest BCUT2D eigenvalue weighted by atomic mass is 32.2. The minimum atomic E-state index is -0.155. The SMILES string of the molecule is O=c1c2ccccc2nnn1CSc1nc(C2CC2)n(-c2ccccc2)n1. The number of para-hydroxylation sites is 1. The molecule has 0 radical (unpaired) electrons. The molecular formula is C19H16N6OS. The summed E-state index contributed by atoms with van der Waals surface area (Å²) in [6.45, 7) is 0. The maximum absolute atomic E-state index is 12.6. The molecule has 27 heavy (non-hydrogen) atoms. The molecule has 2 aromatic heterocycles. The van der Waals surface area contributed by atoms with Crippen LogP contribution in [0.1, 0.15) is 24.6 Å². The Morgan fingerprint density at radius 1 is 1.04 bits per heavy atom. The minimum absolute atomic E-state index is 0.155. The van der Waals surface area contributed by atoms with Crippen LogP contribution in [0.25, 0.3) is 16.6 Å². The van der Waals surface area contributed by atoms with Crippen LogP contribution in [0.2, 0.25) is 0 Å². The van der Waals surface area contributed by atoms with Crippen molar-refractivity contribution in [3.8, 4) is 5.69 Å². The van der Waals surface area contributed by atoms with E-state index in [1.807, 2.05) is 47.1 Å². The Balaban J connectivity index is 1.43. The topological polar surface area (TPSA) is 78.5 Å². The summed E-state index contributed by atoms with van der Waals surface area (Å²) in [4.78, 5) is 17.3. The van der Waals surface area contributed by atoms with E-state index in [0.717, 1.165) is 24.4 Å². The van der Waals surface area contributed by atoms with Crippen LogP contribution in [0.4, 0.5) is 0 Å². The Labute approximate surface area is 159 Å². The van der Waals surface area contributed by atoms with Crippen LogP contribution in [-0.2, 0) is 5.88 Å². The fraction of sp³-hybridized carbons (Fsp3) is 0.211. The van der Waals surface area contributed by atoms with Crippen molar-refractivity contribution in [2.24, 2.45) is 0 Å². The van der Waals surface area contributed by atoms with E-state index in [9.17, 15) is 4.79 Å². The standard InChI is InChI=1S/C19H16N6OS/c26-18-15-8-4-5-9-16(15)21-23-24(18)12-27-19-20-17(13-10-11-13)25(22-19)14-6-2-1-3-7-14/h1-9,13H,10-12H2. The van der Waals surface area contributed by atoms with Crippen LogP contribution in [0, 0.1) is 0 Å². The normalized spacial score (nSPS) is 13.9. The lowest BCUT2D eigenvalue weighted by Gasteiger charge is -2.03. The van der Waals surface area contributed by atoms with Crippen LogP contribution < -0.4 is 5.56 Å². The highest BCUT2D eigenvalue weighted by Crippen LogP contribution is 2.40. The number of aromatic nitrogens is 6. The van der Waals surface area contributed by atoms with Crippen molar-refractivity contribution in [1.82, 2.24) is 29.8 Å². The van der Waals surface area contributed by atoms with Crippen molar-refractivity contribution in [2.45, 2.75) is 29.8 Å². The van der Waals surface area contributed by atoms with Gasteiger partial charge in [-0.25, -0.2) is 9.67 Å². The maximum Gasteiger partial charge on any atom is 0.278 e. The Hall–Kier alpha value is -3.00. The first-order chi connectivity index (χ1) is 13.3. The predicted octanol–water partition coefficient (Wildman–Crippen LogP) is 3.00. The number of fused-ring (bicyclic) bond motifs is 1. The third-order valence-corrected chi connectivity index (χ3v) is 5.31. The smallest absolute Gasteiger partial charge is 0.267 e. The summed E-state index contributed by atoms with van der Waals surface area (Å²) in [6, 6.07) is 17.2. The Morgan fingerprint density at radius 3 is 2.63 bits per heavy atom. The molecule has 0 spiro atoms. The summed E-state index contributed by atoms with van der Waals surface area (Å²) < 4.78 is 3.27. The number of rotatable bonds is 5. The van der Waals surface area contributed by atoms with Crippen molar-refractivity contribution in [2.75, 3.05) is 0 Å². The van der Waals surface area contributed by atoms with Gasteiger partial charge in [0.1, 0.15) is 11.3 Å². The Morgan fingerprint density at radius 2 is 1.81 bits per heavy atom. The lowest BCUT2D eigenvalue weighted by Crippen LogP contribution is -2.23. The zero-order valence-electron chi connectivity index (χ0n) is 14.4. The quantitative estimate of drug-likeness (QED) is 0.498. The van der Waals surface area contributed by atoms with Crippen LogP contribution in [0.3, 0.4) is 0 Å². The number of hydrogen-bond acceptors (Lipinski definition) is 6. The highest BCUT2D eigenvalue weighted by molar-refractivity contribution is 7.98. The third kappa shape index (κ3) is 3.12. The molecule has 2 heterocycles. The summed E-state index contributed by atoms with van der Waals surface area (Å²) in [5.74, 6) is 1.77. The molecule has 1 aliphatic carbocycles. The van der Waals surface area contributed by atoms with Crippen molar-refractivity contribution >= 4 is 22.7 Å². The lowest BCUT2D eigenvalue weighted by atomic mass is 10.2. The summed E-state index contributed by atoms with van der Waals surface area (Å²) >= 11 is 1.39. The van der Waals surface area contributed by atoms with Crippen molar-refractivity contribution < 1.29 is 0 Å². The fourth-order valence-corrected chi connectivity index (χ4v) is 3.66. The summed E-state index contributed by atoms with van der Waals surface area (Å²) in [7, 11) is 0. The lowest BCUT2D eigenvalue weighted by molar-refractivity contribution is 0.643. The summed E-state index contributed by atoms with van der Waals surface area (Å²) in [6.07, 6.45) is 2.29. The Bertz CT molecular complexity index is 1170. The summed E-state index contributed by atoms with van der Waals surface area (Å²) in [5, 5.41) is 14.0. The number of thioether (sulfide) groups is 1. The van der Waals surface area contributed by atoms with E-state index < -0.39 is 0 Å². The van der Waals surface area contributed by atoms with Crippen LogP contribution >= 0.6 is 11.8 Å². The van der Waals surface area contributed by atoms with Gasteiger partial charge in [-0.05, 0) is 37.1 Å². The fourth-order valence-electron chi connectivity index (χ4n) is 2.96. The largest absolute Gasteiger partial charge is 0.278 e. The first kappa shape index (κ1) is 16.2. The van der Waals surface area contributed by atoms with Gasteiger partial charge in [0.2, 0.25) is 5.16 Å². The van der Waals surface area contributed by atoms with Gasteiger partial charge < -0.3 is 0 Å². The first-order valence-corrected chi connectivity index (χ1v) is 9.76. The Kier molecular flexibility index (Phi) is 3.97. The van der Waals surface area contributed by atoms with Crippen LogP contribution in [0.5, 0.6) is 0 Å². The molecule has 7 nitrogen and oxygen atoms in total. The van der Waals surface area contributed by atoms with Gasteiger partial charge in [-0.3, -0.25) is 4.79 Å². The van der Waals surface area contributed by atoms with E-state index >= 15 is 0 Å². The highest BCUT2D eigenvalue weighted by Gasteiger charge is 2.30. The van der Waals surface area contributed by atoms with Gasteiger partial charge in [-0.15, -0.1) is 10.2 Å². The van der Waals surface area contributed by atoms with Crippen LogP contribution in [0.15, 0.2) is 64.5 Å². The van der Waals surface area contributed by atoms with Crippen molar-refractivity contribution in [3.63, 3.8) is 0 Å². The van der Waals surface area contributed by atoms with Crippen molar-refractivity contribution in [1.29, 1.82) is 0 Å². The van der Waals surface area contributed by atoms with Crippen LogP contribution in [-0.4, -0.2) is 29.8 Å². The second-order valence-electron chi connectivity index (χ2n) is 6.46. The molecule has 0 aliphatic heterocycles. The molecule has 0 atom stereocenters. The molecule has 5 rings (SSSR count). The van der Waals surface area contributed by atoms with Gasteiger partial charge in [0.05, 0.1) is 17.0 Å². The van der Waals surface area contributed by atoms with Gasteiger partial charge in [0, 0.05) is 5.92 Å². The molecule has 1 aliphatic rings. The van der Waals surface area contributed by atoms with E-state index in [1.54, 1.807) is 12.1 Å². The zero-order valence-corrected chi connectivity index (χ0v) is 15.2. The van der Waals surface area contributed by atoms with Gasteiger partial charge in [0.25, 0.3) is 5.56 Å². The van der Waals surface area contributed by atoms with Gasteiger partial charge in [0.15, 0.2) is 0 Å². The monoisotopic (exact) mass is 376 g/mol. The number of hydrogen-bond donors (Lipinski definition) is 0. The van der Waals surface area contributed by atoms with Gasteiger partial charge in [-0.1, -0.05) is 47.3 Å². The molecule has 0 unspecified atom stereocenters. The molecule has 1 fully saturated rings. The predicted molar refractivity (Wildman–Crippen MR) is 103 cm³/mol. The molecule has 2 aromatic carbocycles. The number of nitrogens with zero attached hydrogens (tertiary/aromatic N) is 6. The molecule has 0 bridgehead atoms. The first-order valence-electron chi connectivity index (χ1n) is 8.77. The summed E-state index contributed by atoms with van der Waals surface area (Å²) in [5.41, 5.74) is 1.45. The van der Waals surface area contributed by atoms with Gasteiger partial charge >= 0.3 is 0 Å². The molecule has 0 N–H and O–H groups in total. The molecule has 0 saturated heterocycles. The van der Waals surface area contributed by atoms with E-state index in [4.69, 9.17) is 4.98 Å². The minimum Gasteiger partial charge on any atom is -0.267 e. The van der Waals surface area contributed by atoms with Gasteiger partial charge in [-0.2, -0.15) is 4.68 Å². The zero-order chi connectivity index (χ0) is 18.2. The molecule has 1 saturated carbocycles. The molecular weight excluding hydrogens is 360 g/mol. The second-order valence-corrected chi connectivity index (χ2v) is 7.37. The van der Waals surface area contributed by atoms with E-state index in [1.165, 1.54) is 16.4 Å². The second kappa shape index (κ2) is 6.62. The third-order valence-electron chi connectivity index (χ3n) is 4.50. The van der Waals surface area contributed by atoms with E-state index in [0.29, 0.717) is 27.9 Å². The average Bonchev–Trinajstić information content (AvgIpc) is 3.48. The number of benzene rings is 2. The molecule has 0 amide bonds. The molecule has 4 aromatic rings. The van der Waals surface area contributed by atoms with Crippen molar-refractivity contribution in [3.05, 3.63) is 70.8 Å². The maximum atomic E-state index is 12.6.